The van der Waals surface area contributed by atoms with Crippen molar-refractivity contribution < 1.29 is 22.6 Å². The Morgan fingerprint density at radius 2 is 1.76 bits per heavy atom. The standard InChI is InChI=1S/C20H18F3N3O3/c1-11-4-5-13(28-2)8-16(11)24-20-25-19(27)17(29-3)10-26(20)9-12-6-14(21)18(23)15(22)7-12/h4-8,10H,9H2,1-3H3,(H,24,25,27). The van der Waals surface area contributed by atoms with Crippen molar-refractivity contribution in [3.63, 3.8) is 0 Å². The van der Waals surface area contributed by atoms with E-state index >= 15 is 0 Å². The molecule has 0 unspecified atom stereocenters. The maximum absolute atomic E-state index is 13.6. The molecule has 0 bridgehead atoms. The number of halogens is 3. The fraction of sp³-hybridized carbons (Fsp3) is 0.200. The number of ether oxygens (including phenoxy) is 2. The molecule has 0 saturated heterocycles. The molecule has 1 heterocycles. The van der Waals surface area contributed by atoms with E-state index in [2.05, 4.69) is 10.3 Å². The molecule has 0 aliphatic carbocycles. The van der Waals surface area contributed by atoms with Crippen LogP contribution in [0.3, 0.4) is 0 Å². The Kier molecular flexibility index (Phi) is 5.76. The fourth-order valence-electron chi connectivity index (χ4n) is 2.71. The largest absolute Gasteiger partial charge is 0.497 e. The fourth-order valence-corrected chi connectivity index (χ4v) is 2.71. The minimum Gasteiger partial charge on any atom is -0.497 e. The Hall–Kier alpha value is -3.49. The number of methoxy groups -OCH3 is 2. The molecule has 2 aromatic carbocycles. The maximum Gasteiger partial charge on any atom is 0.316 e. The van der Waals surface area contributed by atoms with Crippen LogP contribution in [0, 0.1) is 24.4 Å². The van der Waals surface area contributed by atoms with Crippen molar-refractivity contribution in [1.29, 1.82) is 0 Å². The van der Waals surface area contributed by atoms with Crippen molar-refractivity contribution in [2.75, 3.05) is 19.5 Å². The summed E-state index contributed by atoms with van der Waals surface area (Å²) < 4.78 is 52.1. The van der Waals surface area contributed by atoms with Gasteiger partial charge in [-0.15, -0.1) is 0 Å². The third kappa shape index (κ3) is 4.34. The zero-order valence-corrected chi connectivity index (χ0v) is 15.9. The highest BCUT2D eigenvalue weighted by Gasteiger charge is 2.15. The summed E-state index contributed by atoms with van der Waals surface area (Å²) >= 11 is 0. The van der Waals surface area contributed by atoms with Crippen LogP contribution >= 0.6 is 0 Å². The average Bonchev–Trinajstić information content (AvgIpc) is 2.69. The van der Waals surface area contributed by atoms with Crippen LogP contribution in [0.2, 0.25) is 0 Å². The average molecular weight is 405 g/mol. The van der Waals surface area contributed by atoms with Crippen LogP contribution < -0.4 is 20.3 Å². The molecule has 0 aliphatic rings. The second-order valence-electron chi connectivity index (χ2n) is 6.25. The predicted molar refractivity (Wildman–Crippen MR) is 101 cm³/mol. The number of hydrogen-bond donors (Lipinski definition) is 1. The summed E-state index contributed by atoms with van der Waals surface area (Å²) in [6.45, 7) is 1.75. The molecule has 6 nitrogen and oxygen atoms in total. The lowest BCUT2D eigenvalue weighted by atomic mass is 10.2. The van der Waals surface area contributed by atoms with Crippen LogP contribution in [0.1, 0.15) is 11.1 Å². The Morgan fingerprint density at radius 1 is 1.07 bits per heavy atom. The van der Waals surface area contributed by atoms with Gasteiger partial charge in [0.15, 0.2) is 17.5 Å². The van der Waals surface area contributed by atoms with Gasteiger partial charge in [0.2, 0.25) is 11.7 Å². The monoisotopic (exact) mass is 405 g/mol. The highest BCUT2D eigenvalue weighted by atomic mass is 19.2. The van der Waals surface area contributed by atoms with Gasteiger partial charge in [0, 0.05) is 11.8 Å². The van der Waals surface area contributed by atoms with Crippen molar-refractivity contribution in [1.82, 2.24) is 9.55 Å². The molecule has 3 aromatic rings. The molecule has 0 aliphatic heterocycles. The van der Waals surface area contributed by atoms with E-state index < -0.39 is 23.0 Å². The van der Waals surface area contributed by atoms with E-state index in [1.54, 1.807) is 12.1 Å². The summed E-state index contributed by atoms with van der Waals surface area (Å²) in [4.78, 5) is 16.1. The highest BCUT2D eigenvalue weighted by molar-refractivity contribution is 5.61. The molecular formula is C20H18F3N3O3. The molecule has 3 rings (SSSR count). The maximum atomic E-state index is 13.6. The first-order valence-electron chi connectivity index (χ1n) is 8.53. The molecule has 152 valence electrons. The first-order chi connectivity index (χ1) is 13.8. The van der Waals surface area contributed by atoms with Gasteiger partial charge < -0.3 is 19.4 Å². The van der Waals surface area contributed by atoms with E-state index in [0.29, 0.717) is 11.4 Å². The van der Waals surface area contributed by atoms with Crippen LogP contribution in [0.4, 0.5) is 24.8 Å². The minimum absolute atomic E-state index is 0.0547. The topological polar surface area (TPSA) is 65.4 Å². The van der Waals surface area contributed by atoms with Crippen LogP contribution in [0.5, 0.6) is 11.5 Å². The molecule has 29 heavy (non-hydrogen) atoms. The quantitative estimate of drug-likeness (QED) is 0.633. The Bertz CT molecular complexity index is 1090. The number of benzene rings is 2. The summed E-state index contributed by atoms with van der Waals surface area (Å²) in [5.41, 5.74) is 0.982. The molecule has 0 spiro atoms. The minimum atomic E-state index is -1.55. The molecule has 9 heteroatoms. The number of nitrogens with one attached hydrogen (secondary N) is 1. The zero-order valence-electron chi connectivity index (χ0n) is 15.9. The van der Waals surface area contributed by atoms with Gasteiger partial charge in [-0.05, 0) is 36.2 Å². The van der Waals surface area contributed by atoms with E-state index in [-0.39, 0.29) is 23.8 Å². The van der Waals surface area contributed by atoms with Gasteiger partial charge in [0.1, 0.15) is 5.75 Å². The number of rotatable bonds is 6. The third-order valence-electron chi connectivity index (χ3n) is 4.27. The lowest BCUT2D eigenvalue weighted by Gasteiger charge is -2.17. The van der Waals surface area contributed by atoms with E-state index in [9.17, 15) is 18.0 Å². The predicted octanol–water partition coefficient (Wildman–Crippen LogP) is 3.78. The molecule has 1 aromatic heterocycles. The van der Waals surface area contributed by atoms with E-state index in [1.807, 2.05) is 13.0 Å². The smallest absolute Gasteiger partial charge is 0.316 e. The molecule has 0 amide bonds. The SMILES string of the molecule is COc1ccc(C)c(Nc2nc(=O)c(OC)cn2Cc2cc(F)c(F)c(F)c2)c1. The Labute approximate surface area is 164 Å². The normalized spacial score (nSPS) is 10.7. The van der Waals surface area contributed by atoms with Gasteiger partial charge in [-0.3, -0.25) is 4.79 Å². The molecular weight excluding hydrogens is 387 g/mol. The second kappa shape index (κ2) is 8.26. The van der Waals surface area contributed by atoms with Crippen molar-refractivity contribution in [3.8, 4) is 11.5 Å². The highest BCUT2D eigenvalue weighted by Crippen LogP contribution is 2.25. The van der Waals surface area contributed by atoms with Gasteiger partial charge in [0.25, 0.3) is 0 Å². The van der Waals surface area contributed by atoms with Crippen LogP contribution in [-0.4, -0.2) is 23.8 Å². The Morgan fingerprint density at radius 3 is 2.38 bits per heavy atom. The number of anilines is 2. The van der Waals surface area contributed by atoms with Gasteiger partial charge in [-0.1, -0.05) is 6.07 Å². The van der Waals surface area contributed by atoms with Crippen LogP contribution in [0.25, 0.3) is 0 Å². The summed E-state index contributed by atoms with van der Waals surface area (Å²) in [6, 6.07) is 7.07. The molecule has 0 radical (unpaired) electrons. The summed E-state index contributed by atoms with van der Waals surface area (Å²) in [7, 11) is 2.83. The summed E-state index contributed by atoms with van der Waals surface area (Å²) in [6.07, 6.45) is 1.35. The van der Waals surface area contributed by atoms with E-state index in [0.717, 1.165) is 17.7 Å². The first kappa shape index (κ1) is 20.2. The van der Waals surface area contributed by atoms with Crippen LogP contribution in [-0.2, 0) is 6.54 Å². The van der Waals surface area contributed by atoms with E-state index in [1.165, 1.54) is 25.0 Å². The van der Waals surface area contributed by atoms with Crippen molar-refractivity contribution >= 4 is 11.6 Å². The first-order valence-corrected chi connectivity index (χ1v) is 8.53. The van der Waals surface area contributed by atoms with Crippen molar-refractivity contribution in [2.45, 2.75) is 13.5 Å². The number of hydrogen-bond acceptors (Lipinski definition) is 5. The second-order valence-corrected chi connectivity index (χ2v) is 6.25. The number of aromatic nitrogens is 2. The molecule has 0 fully saturated rings. The summed E-state index contributed by atoms with van der Waals surface area (Å²) in [5, 5.41) is 3.02. The van der Waals surface area contributed by atoms with Crippen LogP contribution in [0.15, 0.2) is 41.3 Å². The lowest BCUT2D eigenvalue weighted by Crippen LogP contribution is -2.19. The zero-order chi connectivity index (χ0) is 21.1. The summed E-state index contributed by atoms with van der Waals surface area (Å²) in [5.74, 6) is -3.52. The molecule has 1 N–H and O–H groups in total. The molecule has 0 saturated carbocycles. The number of nitrogens with zero attached hydrogens (tertiary/aromatic N) is 2. The van der Waals surface area contributed by atoms with Gasteiger partial charge >= 0.3 is 5.56 Å². The van der Waals surface area contributed by atoms with Crippen molar-refractivity contribution in [2.24, 2.45) is 0 Å². The van der Waals surface area contributed by atoms with Gasteiger partial charge in [0.05, 0.1) is 27.0 Å². The van der Waals surface area contributed by atoms with Gasteiger partial charge in [-0.25, -0.2) is 13.2 Å². The third-order valence-corrected chi connectivity index (χ3v) is 4.27. The number of aryl methyl sites for hydroxylation is 1. The molecule has 0 atom stereocenters. The van der Waals surface area contributed by atoms with Crippen molar-refractivity contribution in [3.05, 3.63) is 75.5 Å². The lowest BCUT2D eigenvalue weighted by molar-refractivity contribution is 0.402. The van der Waals surface area contributed by atoms with Gasteiger partial charge in [-0.2, -0.15) is 4.98 Å². The van der Waals surface area contributed by atoms with E-state index in [4.69, 9.17) is 9.47 Å². The Balaban J connectivity index is 2.06.